The molecule has 0 spiro atoms. The Kier molecular flexibility index (Phi) is 3.09. The zero-order valence-corrected chi connectivity index (χ0v) is 14.9. The van der Waals surface area contributed by atoms with Crippen molar-refractivity contribution < 1.29 is 0 Å². The number of rotatable bonds is 2. The molecule has 0 amide bonds. The molecule has 4 aliphatic rings. The van der Waals surface area contributed by atoms with Crippen molar-refractivity contribution in [1.29, 1.82) is 0 Å². The molecule has 6 heteroatoms. The third-order valence-electron chi connectivity index (χ3n) is 5.73. The van der Waals surface area contributed by atoms with Crippen LogP contribution in [0.5, 0.6) is 0 Å². The van der Waals surface area contributed by atoms with Crippen LogP contribution in [-0.2, 0) is 0 Å². The zero-order chi connectivity index (χ0) is 17.8. The summed E-state index contributed by atoms with van der Waals surface area (Å²) in [5.41, 5.74) is 5.10. The summed E-state index contributed by atoms with van der Waals surface area (Å²) in [6.07, 6.45) is 12.9. The molecule has 0 fully saturated rings. The lowest BCUT2D eigenvalue weighted by molar-refractivity contribution is 1.01. The van der Waals surface area contributed by atoms with Gasteiger partial charge in [-0.2, -0.15) is 0 Å². The van der Waals surface area contributed by atoms with E-state index in [1.54, 1.807) is 0 Å². The molecule has 0 aliphatic carbocycles. The van der Waals surface area contributed by atoms with Gasteiger partial charge in [0.1, 0.15) is 0 Å². The first-order chi connectivity index (χ1) is 13.4. The Morgan fingerprint density at radius 1 is 0.556 bits per heavy atom. The van der Waals surface area contributed by atoms with E-state index in [1.165, 1.54) is 22.7 Å². The molecule has 0 atom stereocenters. The predicted molar refractivity (Wildman–Crippen MR) is 116 cm³/mol. The van der Waals surface area contributed by atoms with Crippen LogP contribution >= 0.6 is 0 Å². The minimum atomic E-state index is 0.219. The summed E-state index contributed by atoms with van der Waals surface area (Å²) in [6, 6.07) is 17.4. The summed E-state index contributed by atoms with van der Waals surface area (Å²) in [4.78, 5) is 9.68. The number of fused-ring (bicyclic) bond motifs is 6. The van der Waals surface area contributed by atoms with Crippen molar-refractivity contribution in [2.75, 3.05) is 25.9 Å². The molecule has 0 bridgehead atoms. The van der Waals surface area contributed by atoms with Crippen LogP contribution < -0.4 is 19.2 Å². The number of para-hydroxylation sites is 4. The predicted octanol–water partition coefficient (Wildman–Crippen LogP) is 3.82. The summed E-state index contributed by atoms with van der Waals surface area (Å²) in [5, 5.41) is 0. The summed E-state index contributed by atoms with van der Waals surface area (Å²) in [5.74, 6) is 4.55. The number of hydrogen-bond donors (Lipinski definition) is 0. The van der Waals surface area contributed by atoms with Crippen molar-refractivity contribution in [3.63, 3.8) is 0 Å². The van der Waals surface area contributed by atoms with Gasteiger partial charge in [0.15, 0.2) is 0 Å². The lowest BCUT2D eigenvalue weighted by Gasteiger charge is -2.34. The molecule has 0 saturated heterocycles. The van der Waals surface area contributed by atoms with Crippen LogP contribution in [0.25, 0.3) is 0 Å². The molecule has 4 aliphatic heterocycles. The Bertz CT molecular complexity index is 947. The molecule has 27 heavy (non-hydrogen) atoms. The van der Waals surface area contributed by atoms with Crippen LogP contribution in [0.3, 0.4) is 0 Å². The van der Waals surface area contributed by atoms with Crippen LogP contribution in [0.2, 0.25) is 0 Å². The van der Waals surface area contributed by atoms with Crippen molar-refractivity contribution in [2.24, 2.45) is 0 Å². The van der Waals surface area contributed by atoms with E-state index in [4.69, 9.17) is 0 Å². The van der Waals surface area contributed by atoms with Gasteiger partial charge in [0, 0.05) is 0 Å². The highest BCUT2D eigenvalue weighted by Gasteiger charge is 2.44. The molecule has 0 saturated carbocycles. The van der Waals surface area contributed by atoms with E-state index in [1.807, 2.05) is 0 Å². The van der Waals surface area contributed by atoms with Gasteiger partial charge in [0.25, 0.3) is 0 Å². The smallest absolute Gasteiger partial charge is 0.374 e. The first kappa shape index (κ1) is 14.9. The van der Waals surface area contributed by atoms with Gasteiger partial charge in [-0.15, -0.1) is 0 Å². The van der Waals surface area contributed by atoms with Gasteiger partial charge in [0.2, 0.25) is 0 Å². The fourth-order valence-corrected chi connectivity index (χ4v) is 4.55. The molecule has 0 aromatic heterocycles. The monoisotopic (exact) mass is 348 g/mol. The maximum absolute atomic E-state index is 2.49. The molecule has 6 rings (SSSR count). The van der Waals surface area contributed by atoms with Crippen LogP contribution in [0.4, 0.5) is 22.7 Å². The highest BCUT2D eigenvalue weighted by Crippen LogP contribution is 2.43. The second-order valence-electron chi connectivity index (χ2n) is 7.15. The highest BCUT2D eigenvalue weighted by atomic mass is 15.4. The molecule has 2 aromatic rings. The minimum Gasteiger partial charge on any atom is -0.374 e. The molecular formula is C21H18B2N4. The van der Waals surface area contributed by atoms with Gasteiger partial charge in [-0.25, -0.2) is 0 Å². The van der Waals surface area contributed by atoms with Gasteiger partial charge in [0.05, 0.1) is 29.4 Å². The number of nitrogens with zero attached hydrogens (tertiary/aromatic N) is 4. The third kappa shape index (κ3) is 2.07. The summed E-state index contributed by atoms with van der Waals surface area (Å²) in [6.45, 7) is 1.26. The number of anilines is 4. The van der Waals surface area contributed by atoms with Gasteiger partial charge >= 0.3 is 14.0 Å². The number of hydrogen-bond acceptors (Lipinski definition) is 4. The Hall–Kier alpha value is -3.27. The molecule has 0 N–H and O–H groups in total. The normalized spacial score (nSPS) is 18.2. The lowest BCUT2D eigenvalue weighted by atomic mass is 9.70. The summed E-state index contributed by atoms with van der Waals surface area (Å²) >= 11 is 0. The number of benzene rings is 2. The lowest BCUT2D eigenvalue weighted by Crippen LogP contribution is -2.55. The second kappa shape index (κ2) is 5.61. The van der Waals surface area contributed by atoms with Crippen LogP contribution in [0.15, 0.2) is 97.2 Å². The van der Waals surface area contributed by atoms with Crippen molar-refractivity contribution in [2.45, 2.75) is 0 Å². The molecule has 4 heterocycles. The largest absolute Gasteiger partial charge is 0.409 e. The maximum atomic E-state index is 2.49. The topological polar surface area (TPSA) is 13.0 Å². The zero-order valence-electron chi connectivity index (χ0n) is 14.9. The number of allylic oxidation sites excluding steroid dienone is 4. The van der Waals surface area contributed by atoms with Crippen molar-refractivity contribution in [3.8, 4) is 0 Å². The van der Waals surface area contributed by atoms with Gasteiger partial charge in [-0.1, -0.05) is 48.4 Å². The Morgan fingerprint density at radius 2 is 1.00 bits per heavy atom. The standard InChI is InChI=1S/C21H18B2N4/c1-3-11-20-18(9-1)24-15-7-5-13-22(24)26(20)17-27-21-12-4-2-10-19(21)25-16-8-6-14-23(25)27/h1-16H,17H2. The molecule has 2 aromatic carbocycles. The van der Waals surface area contributed by atoms with Crippen molar-refractivity contribution in [3.05, 3.63) is 97.2 Å². The van der Waals surface area contributed by atoms with E-state index in [-0.39, 0.29) is 14.0 Å². The Morgan fingerprint density at radius 3 is 1.48 bits per heavy atom. The molecule has 4 nitrogen and oxygen atoms in total. The maximum Gasteiger partial charge on any atom is 0.409 e. The van der Waals surface area contributed by atoms with Gasteiger partial charge in [-0.05, 0) is 48.8 Å². The second-order valence-corrected chi connectivity index (χ2v) is 7.15. The first-order valence-electron chi connectivity index (χ1n) is 9.40. The average molecular weight is 348 g/mol. The fourth-order valence-electron chi connectivity index (χ4n) is 4.55. The van der Waals surface area contributed by atoms with E-state index in [2.05, 4.69) is 116 Å². The summed E-state index contributed by atoms with van der Waals surface area (Å²) in [7, 11) is 0. The average Bonchev–Trinajstić information content (AvgIpc) is 3.23. The van der Waals surface area contributed by atoms with Crippen LogP contribution in [-0.4, -0.2) is 20.6 Å². The third-order valence-corrected chi connectivity index (χ3v) is 5.73. The molecular weight excluding hydrogens is 330 g/mol. The van der Waals surface area contributed by atoms with E-state index < -0.39 is 0 Å². The van der Waals surface area contributed by atoms with E-state index in [0.717, 1.165) is 6.67 Å². The van der Waals surface area contributed by atoms with E-state index >= 15 is 0 Å². The minimum absolute atomic E-state index is 0.219. The van der Waals surface area contributed by atoms with Crippen molar-refractivity contribution in [1.82, 2.24) is 0 Å². The molecule has 0 unspecified atom stereocenters. The fraction of sp³-hybridized carbons (Fsp3) is 0.0476. The quantitative estimate of drug-likeness (QED) is 0.765. The highest BCUT2D eigenvalue weighted by molar-refractivity contribution is 6.77. The summed E-state index contributed by atoms with van der Waals surface area (Å²) < 4.78 is 0. The molecule has 0 radical (unpaired) electrons. The first-order valence-corrected chi connectivity index (χ1v) is 9.40. The van der Waals surface area contributed by atoms with Gasteiger partial charge < -0.3 is 19.2 Å². The van der Waals surface area contributed by atoms with Crippen molar-refractivity contribution >= 4 is 36.7 Å². The van der Waals surface area contributed by atoms with Crippen LogP contribution in [0, 0.1) is 0 Å². The Balaban J connectivity index is 1.42. The van der Waals surface area contributed by atoms with E-state index in [9.17, 15) is 0 Å². The molecule has 128 valence electrons. The van der Waals surface area contributed by atoms with Crippen LogP contribution in [0.1, 0.15) is 0 Å². The SMILES string of the molecule is C1=CB2N(C=C1)c1ccccc1N2CN1B2C=CC=CN2c2ccccc21. The van der Waals surface area contributed by atoms with Gasteiger partial charge in [-0.3, -0.25) is 0 Å². The Labute approximate surface area is 160 Å². The van der Waals surface area contributed by atoms with E-state index in [0.29, 0.717) is 0 Å².